The Balaban J connectivity index is 2.09. The summed E-state index contributed by atoms with van der Waals surface area (Å²) in [6.45, 7) is 2.06. The Morgan fingerprint density at radius 3 is 2.70 bits per heavy atom. The third-order valence-corrected chi connectivity index (χ3v) is 4.05. The van der Waals surface area contributed by atoms with Crippen molar-refractivity contribution in [3.63, 3.8) is 0 Å². The molecule has 0 N–H and O–H groups in total. The number of halogens is 1. The van der Waals surface area contributed by atoms with Gasteiger partial charge in [-0.15, -0.1) is 0 Å². The molecule has 7 heteroatoms. The number of hydrogen-bond donors (Lipinski definition) is 0. The van der Waals surface area contributed by atoms with Crippen LogP contribution in [0.15, 0.2) is 29.2 Å². The summed E-state index contributed by atoms with van der Waals surface area (Å²) in [5, 5.41) is 8.06. The first-order valence-corrected chi connectivity index (χ1v) is 7.98. The fourth-order valence-corrected chi connectivity index (χ4v) is 2.83. The van der Waals surface area contributed by atoms with Crippen LogP contribution in [-0.2, 0) is 21.5 Å². The van der Waals surface area contributed by atoms with Crippen molar-refractivity contribution in [1.29, 1.82) is 0 Å². The fourth-order valence-electron chi connectivity index (χ4n) is 2.75. The van der Waals surface area contributed by atoms with Crippen LogP contribution >= 0.6 is 11.6 Å². The van der Waals surface area contributed by atoms with E-state index >= 15 is 0 Å². The van der Waals surface area contributed by atoms with Crippen molar-refractivity contribution in [3.05, 3.63) is 29.6 Å². The summed E-state index contributed by atoms with van der Waals surface area (Å²) in [4.78, 5) is 30.0. The van der Waals surface area contributed by atoms with Crippen molar-refractivity contribution in [2.24, 2.45) is 18.1 Å². The number of aryl methyl sites for hydroxylation is 1. The monoisotopic (exact) mass is 337 g/mol. The first kappa shape index (κ1) is 17.4. The standard InChI is InChI=1S/C16H20ClN3O3/c1-3-13(19-23-6-4-5-17)16-14(21)7-11(8-15(16)22)12-9-18-20(2)10-12/h4-5,9-11,16H,3,6-8H2,1-2H3/b5-4+,19-13?. The fraction of sp³-hybridized carbons (Fsp3) is 0.500. The van der Waals surface area contributed by atoms with Crippen molar-refractivity contribution in [2.75, 3.05) is 6.61 Å². The quantitative estimate of drug-likeness (QED) is 0.346. The van der Waals surface area contributed by atoms with E-state index in [4.69, 9.17) is 16.4 Å². The van der Waals surface area contributed by atoms with Crippen LogP contribution in [0.5, 0.6) is 0 Å². The Morgan fingerprint density at radius 1 is 1.48 bits per heavy atom. The molecule has 0 radical (unpaired) electrons. The van der Waals surface area contributed by atoms with Gasteiger partial charge >= 0.3 is 0 Å². The minimum absolute atomic E-state index is 0.0989. The van der Waals surface area contributed by atoms with E-state index in [1.807, 2.05) is 20.2 Å². The van der Waals surface area contributed by atoms with Crippen LogP contribution in [0, 0.1) is 5.92 Å². The smallest absolute Gasteiger partial charge is 0.149 e. The van der Waals surface area contributed by atoms with Gasteiger partial charge < -0.3 is 4.84 Å². The molecule has 1 aromatic heterocycles. The van der Waals surface area contributed by atoms with Gasteiger partial charge in [-0.3, -0.25) is 14.3 Å². The lowest BCUT2D eigenvalue weighted by molar-refractivity contribution is -0.133. The number of Topliss-reactive ketones (excluding diaryl/α,β-unsaturated/α-hetero) is 2. The molecule has 0 amide bonds. The molecule has 0 bridgehead atoms. The van der Waals surface area contributed by atoms with Gasteiger partial charge in [-0.05, 0) is 18.1 Å². The van der Waals surface area contributed by atoms with Crippen molar-refractivity contribution in [3.8, 4) is 0 Å². The Bertz CT molecular complexity index is 618. The normalized spacial score (nSPS) is 22.8. The highest BCUT2D eigenvalue weighted by atomic mass is 35.5. The maximum Gasteiger partial charge on any atom is 0.149 e. The summed E-state index contributed by atoms with van der Waals surface area (Å²) >= 11 is 5.40. The van der Waals surface area contributed by atoms with Crippen molar-refractivity contribution in [1.82, 2.24) is 9.78 Å². The van der Waals surface area contributed by atoms with Gasteiger partial charge in [0.25, 0.3) is 0 Å². The Kier molecular flexibility index (Phi) is 6.10. The van der Waals surface area contributed by atoms with Crippen molar-refractivity contribution in [2.45, 2.75) is 32.1 Å². The number of oxime groups is 1. The van der Waals surface area contributed by atoms with Crippen LogP contribution in [0.3, 0.4) is 0 Å². The first-order valence-electron chi connectivity index (χ1n) is 7.54. The lowest BCUT2D eigenvalue weighted by atomic mass is 9.75. The van der Waals surface area contributed by atoms with Gasteiger partial charge in [0.2, 0.25) is 0 Å². The molecule has 1 aromatic rings. The predicted octanol–water partition coefficient (Wildman–Crippen LogP) is 2.59. The predicted molar refractivity (Wildman–Crippen MR) is 87.4 cm³/mol. The highest BCUT2D eigenvalue weighted by Gasteiger charge is 2.39. The second-order valence-corrected chi connectivity index (χ2v) is 5.76. The third-order valence-electron chi connectivity index (χ3n) is 3.87. The van der Waals surface area contributed by atoms with Crippen LogP contribution in [0.25, 0.3) is 0 Å². The molecule has 6 nitrogen and oxygen atoms in total. The molecule has 1 aliphatic carbocycles. The number of carbonyl (C=O) groups is 2. The van der Waals surface area contributed by atoms with E-state index in [1.54, 1.807) is 17.0 Å². The maximum absolute atomic E-state index is 12.5. The topological polar surface area (TPSA) is 73.5 Å². The Morgan fingerprint density at radius 2 is 2.17 bits per heavy atom. The molecule has 1 heterocycles. The molecule has 0 atom stereocenters. The minimum atomic E-state index is -0.784. The summed E-state index contributed by atoms with van der Waals surface area (Å²) in [5.74, 6) is -1.09. The molecule has 0 saturated heterocycles. The molecule has 1 aliphatic rings. The number of nitrogens with zero attached hydrogens (tertiary/aromatic N) is 3. The molecule has 0 aromatic carbocycles. The average molecular weight is 338 g/mol. The van der Waals surface area contributed by atoms with Gasteiger partial charge in [0.1, 0.15) is 24.1 Å². The van der Waals surface area contributed by atoms with Gasteiger partial charge in [0, 0.05) is 37.5 Å². The van der Waals surface area contributed by atoms with Crippen LogP contribution in [-0.4, -0.2) is 33.7 Å². The highest BCUT2D eigenvalue weighted by molar-refractivity contribution is 6.25. The Hall–Kier alpha value is -1.95. The van der Waals surface area contributed by atoms with E-state index in [0.717, 1.165) is 5.56 Å². The number of ketones is 2. The van der Waals surface area contributed by atoms with E-state index < -0.39 is 5.92 Å². The van der Waals surface area contributed by atoms with Crippen LogP contribution in [0.1, 0.15) is 37.7 Å². The van der Waals surface area contributed by atoms with E-state index in [9.17, 15) is 9.59 Å². The molecule has 0 aliphatic heterocycles. The summed E-state index contributed by atoms with van der Waals surface area (Å²) in [5.41, 5.74) is 2.73. The molecule has 23 heavy (non-hydrogen) atoms. The second-order valence-electron chi connectivity index (χ2n) is 5.51. The molecule has 0 spiro atoms. The highest BCUT2D eigenvalue weighted by Crippen LogP contribution is 2.32. The van der Waals surface area contributed by atoms with Crippen molar-refractivity contribution >= 4 is 28.9 Å². The van der Waals surface area contributed by atoms with E-state index in [1.165, 1.54) is 5.54 Å². The number of carbonyl (C=O) groups excluding carboxylic acids is 2. The molecule has 1 fully saturated rings. The SMILES string of the molecule is CCC(=NOC/C=C/Cl)C1C(=O)CC(c2cnn(C)c2)CC1=O. The number of aromatic nitrogens is 2. The van der Waals surface area contributed by atoms with Crippen molar-refractivity contribution < 1.29 is 14.4 Å². The van der Waals surface area contributed by atoms with Gasteiger partial charge in [0.15, 0.2) is 0 Å². The maximum atomic E-state index is 12.5. The van der Waals surface area contributed by atoms with Gasteiger partial charge in [0.05, 0.1) is 11.9 Å². The molecular weight excluding hydrogens is 318 g/mol. The van der Waals surface area contributed by atoms with Crippen LogP contribution < -0.4 is 0 Å². The van der Waals surface area contributed by atoms with E-state index in [2.05, 4.69) is 10.3 Å². The number of rotatable bonds is 6. The van der Waals surface area contributed by atoms with Crippen LogP contribution in [0.4, 0.5) is 0 Å². The molecule has 1 saturated carbocycles. The summed E-state index contributed by atoms with van der Waals surface area (Å²) in [7, 11) is 1.81. The largest absolute Gasteiger partial charge is 0.392 e. The summed E-state index contributed by atoms with van der Waals surface area (Å²) < 4.78 is 1.67. The van der Waals surface area contributed by atoms with E-state index in [0.29, 0.717) is 25.0 Å². The van der Waals surface area contributed by atoms with Gasteiger partial charge in [-0.2, -0.15) is 5.10 Å². The zero-order valence-corrected chi connectivity index (χ0v) is 14.0. The first-order chi connectivity index (χ1) is 11.1. The lowest BCUT2D eigenvalue weighted by Crippen LogP contribution is -2.38. The summed E-state index contributed by atoms with van der Waals surface area (Å²) in [6, 6.07) is 0. The summed E-state index contributed by atoms with van der Waals surface area (Å²) in [6.07, 6.45) is 6.28. The third kappa shape index (κ3) is 4.28. The Labute approximate surface area is 140 Å². The van der Waals surface area contributed by atoms with Gasteiger partial charge in [-0.1, -0.05) is 23.7 Å². The van der Waals surface area contributed by atoms with Gasteiger partial charge in [-0.25, -0.2) is 0 Å². The molecule has 124 valence electrons. The number of hydrogen-bond acceptors (Lipinski definition) is 5. The van der Waals surface area contributed by atoms with E-state index in [-0.39, 0.29) is 24.1 Å². The molecular formula is C16H20ClN3O3. The molecule has 2 rings (SSSR count). The minimum Gasteiger partial charge on any atom is -0.392 e. The zero-order chi connectivity index (χ0) is 16.8. The zero-order valence-electron chi connectivity index (χ0n) is 13.2. The average Bonchev–Trinajstić information content (AvgIpc) is 2.95. The lowest BCUT2D eigenvalue weighted by Gasteiger charge is -2.26. The second kappa shape index (κ2) is 8.06. The van der Waals surface area contributed by atoms with Crippen LogP contribution in [0.2, 0.25) is 0 Å². The molecule has 0 unspecified atom stereocenters.